The zero-order chi connectivity index (χ0) is 6.41. The maximum absolute atomic E-state index is 9.87. The second-order valence-electron chi connectivity index (χ2n) is 2.12. The van der Waals surface area contributed by atoms with E-state index < -0.39 is 0 Å². The molecule has 0 fully saturated rings. The summed E-state index contributed by atoms with van der Waals surface area (Å²) >= 11 is 0.695. The molecule has 0 bridgehead atoms. The van der Waals surface area contributed by atoms with Crippen LogP contribution in [0.5, 0.6) is 0 Å². The molecule has 0 aliphatic rings. The summed E-state index contributed by atoms with van der Waals surface area (Å²) < 4.78 is 9.87. The first-order valence-electron chi connectivity index (χ1n) is 3.06. The van der Waals surface area contributed by atoms with Crippen molar-refractivity contribution in [3.05, 3.63) is 0 Å². The van der Waals surface area contributed by atoms with E-state index in [4.69, 9.17) is 0 Å². The summed E-state index contributed by atoms with van der Waals surface area (Å²) in [6.45, 7) is 4.33. The van der Waals surface area contributed by atoms with Crippen molar-refractivity contribution in [2.24, 2.45) is 5.92 Å². The quantitative estimate of drug-likeness (QED) is 0.535. The predicted octanol–water partition coefficient (Wildman–Crippen LogP) is 1.85. The fourth-order valence-electron chi connectivity index (χ4n) is 0.453. The van der Waals surface area contributed by atoms with Crippen molar-refractivity contribution in [1.82, 2.24) is 0 Å². The van der Waals surface area contributed by atoms with Gasteiger partial charge >= 0.3 is 11.7 Å². The molecule has 0 radical (unpaired) electrons. The molecule has 8 heavy (non-hydrogen) atoms. The van der Waals surface area contributed by atoms with Crippen LogP contribution in [0, 0.1) is 5.92 Å². The molecule has 2 heteroatoms. The molecule has 1 nitrogen and oxygen atoms in total. The Morgan fingerprint density at radius 2 is 2.25 bits per heavy atom. The third kappa shape index (κ3) is 4.19. The highest BCUT2D eigenvalue weighted by molar-refractivity contribution is 7.65. The van der Waals surface area contributed by atoms with Gasteiger partial charge in [0.05, 0.1) is 0 Å². The van der Waals surface area contributed by atoms with Gasteiger partial charge in [0.15, 0.2) is 0 Å². The molecular weight excluding hydrogens is 120 g/mol. The SMILES string of the molecule is CCC(C)CC[S+]=O. The molecule has 0 amide bonds. The Labute approximate surface area is 55.0 Å². The summed E-state index contributed by atoms with van der Waals surface area (Å²) in [5.41, 5.74) is 0. The standard InChI is InChI=1S/C6H13OS/c1-3-6(2)4-5-8-7/h6H,3-5H2,1-2H3/q+1. The first-order valence-corrected chi connectivity index (χ1v) is 3.97. The van der Waals surface area contributed by atoms with Crippen LogP contribution in [0.3, 0.4) is 0 Å². The van der Waals surface area contributed by atoms with Gasteiger partial charge < -0.3 is 0 Å². The van der Waals surface area contributed by atoms with Crippen molar-refractivity contribution >= 4 is 11.7 Å². The Morgan fingerprint density at radius 1 is 1.62 bits per heavy atom. The van der Waals surface area contributed by atoms with Crippen LogP contribution in [-0.2, 0) is 15.9 Å². The monoisotopic (exact) mass is 133 g/mol. The molecule has 0 aromatic carbocycles. The third-order valence-electron chi connectivity index (χ3n) is 1.39. The minimum atomic E-state index is 0.695. The average Bonchev–Trinajstić information content (AvgIpc) is 1.83. The Kier molecular flexibility index (Phi) is 5.18. The summed E-state index contributed by atoms with van der Waals surface area (Å²) in [7, 11) is 0. The van der Waals surface area contributed by atoms with Gasteiger partial charge in [0, 0.05) is 10.6 Å². The van der Waals surface area contributed by atoms with Gasteiger partial charge in [-0.25, -0.2) is 0 Å². The smallest absolute Gasteiger partial charge is 0.0651 e. The van der Waals surface area contributed by atoms with Crippen molar-refractivity contribution in [2.45, 2.75) is 26.7 Å². The number of hydrogen-bond donors (Lipinski definition) is 0. The minimum Gasteiger partial charge on any atom is -0.0651 e. The molecule has 48 valence electrons. The first kappa shape index (κ1) is 8.02. The van der Waals surface area contributed by atoms with Gasteiger partial charge in [-0.1, -0.05) is 20.3 Å². The topological polar surface area (TPSA) is 17.1 Å². The highest BCUT2D eigenvalue weighted by Gasteiger charge is 2.03. The zero-order valence-electron chi connectivity index (χ0n) is 5.52. The van der Waals surface area contributed by atoms with Crippen LogP contribution in [0.1, 0.15) is 26.7 Å². The van der Waals surface area contributed by atoms with Gasteiger partial charge in [-0.2, -0.15) is 0 Å². The number of rotatable bonds is 4. The van der Waals surface area contributed by atoms with E-state index in [0.29, 0.717) is 11.7 Å². The van der Waals surface area contributed by atoms with Crippen molar-refractivity contribution in [1.29, 1.82) is 0 Å². The van der Waals surface area contributed by atoms with Gasteiger partial charge in [-0.15, -0.1) is 0 Å². The Morgan fingerprint density at radius 3 is 2.62 bits per heavy atom. The lowest BCUT2D eigenvalue weighted by Crippen LogP contribution is -1.94. The van der Waals surface area contributed by atoms with Gasteiger partial charge in [0.2, 0.25) is 5.75 Å². The van der Waals surface area contributed by atoms with Gasteiger partial charge in [-0.05, 0) is 5.92 Å². The highest BCUT2D eigenvalue weighted by Crippen LogP contribution is 2.04. The summed E-state index contributed by atoms with van der Waals surface area (Å²) in [5, 5.41) is 0. The average molecular weight is 133 g/mol. The lowest BCUT2D eigenvalue weighted by atomic mass is 10.1. The van der Waals surface area contributed by atoms with Gasteiger partial charge in [-0.3, -0.25) is 0 Å². The van der Waals surface area contributed by atoms with Crippen molar-refractivity contribution in [3.8, 4) is 0 Å². The first-order chi connectivity index (χ1) is 3.81. The lowest BCUT2D eigenvalue weighted by Gasteiger charge is -1.98. The van der Waals surface area contributed by atoms with Crippen molar-refractivity contribution in [2.75, 3.05) is 5.75 Å². The minimum absolute atomic E-state index is 0.695. The Hall–Kier alpha value is 0.0200. The zero-order valence-corrected chi connectivity index (χ0v) is 6.33. The number of hydrogen-bond acceptors (Lipinski definition) is 1. The molecule has 0 aromatic heterocycles. The summed E-state index contributed by atoms with van der Waals surface area (Å²) in [6, 6.07) is 0. The van der Waals surface area contributed by atoms with Gasteiger partial charge in [0.1, 0.15) is 0 Å². The normalized spacial score (nSPS) is 13.2. The van der Waals surface area contributed by atoms with Crippen LogP contribution >= 0.6 is 0 Å². The summed E-state index contributed by atoms with van der Waals surface area (Å²) in [4.78, 5) is 0. The van der Waals surface area contributed by atoms with Crippen LogP contribution in [0.15, 0.2) is 0 Å². The van der Waals surface area contributed by atoms with Gasteiger partial charge in [0.25, 0.3) is 0 Å². The van der Waals surface area contributed by atoms with Crippen LogP contribution in [0.2, 0.25) is 0 Å². The molecule has 0 N–H and O–H groups in total. The lowest BCUT2D eigenvalue weighted by molar-refractivity contribution is 0.542. The summed E-state index contributed by atoms with van der Waals surface area (Å²) in [6.07, 6.45) is 2.27. The largest absolute Gasteiger partial charge is 0.458 e. The molecular formula is C6H13OS+. The third-order valence-corrected chi connectivity index (χ3v) is 1.79. The fraction of sp³-hybridized carbons (Fsp3) is 1.00. The second kappa shape index (κ2) is 5.16. The van der Waals surface area contributed by atoms with E-state index in [1.54, 1.807) is 0 Å². The molecule has 0 heterocycles. The van der Waals surface area contributed by atoms with E-state index in [9.17, 15) is 4.21 Å². The molecule has 0 rings (SSSR count). The van der Waals surface area contributed by atoms with E-state index in [-0.39, 0.29) is 0 Å². The van der Waals surface area contributed by atoms with Crippen LogP contribution in [0.25, 0.3) is 0 Å². The van der Waals surface area contributed by atoms with Crippen molar-refractivity contribution in [3.63, 3.8) is 0 Å². The van der Waals surface area contributed by atoms with E-state index in [1.165, 1.54) is 6.42 Å². The molecule has 1 unspecified atom stereocenters. The maximum atomic E-state index is 9.87. The molecule has 0 saturated carbocycles. The van der Waals surface area contributed by atoms with Crippen LogP contribution in [-0.4, -0.2) is 5.75 Å². The second-order valence-corrected chi connectivity index (χ2v) is 2.77. The fourth-order valence-corrected chi connectivity index (χ4v) is 0.952. The Balaban J connectivity index is 2.97. The molecule has 1 atom stereocenters. The van der Waals surface area contributed by atoms with Crippen LogP contribution < -0.4 is 0 Å². The van der Waals surface area contributed by atoms with E-state index >= 15 is 0 Å². The highest BCUT2D eigenvalue weighted by atomic mass is 32.1. The van der Waals surface area contributed by atoms with Crippen molar-refractivity contribution < 1.29 is 4.21 Å². The maximum Gasteiger partial charge on any atom is 0.458 e. The molecule has 0 spiro atoms. The molecule has 0 aromatic rings. The Bertz CT molecular complexity index is 63.5. The van der Waals surface area contributed by atoms with E-state index in [0.717, 1.165) is 18.1 Å². The molecule has 0 aliphatic carbocycles. The van der Waals surface area contributed by atoms with E-state index in [2.05, 4.69) is 13.8 Å². The van der Waals surface area contributed by atoms with Crippen LogP contribution in [0.4, 0.5) is 0 Å². The predicted molar refractivity (Wildman–Crippen MR) is 37.0 cm³/mol. The summed E-state index contributed by atoms with van der Waals surface area (Å²) in [5.74, 6) is 1.51. The molecule has 0 aliphatic heterocycles. The van der Waals surface area contributed by atoms with E-state index in [1.807, 2.05) is 0 Å². The molecule has 0 saturated heterocycles.